The lowest BCUT2D eigenvalue weighted by Crippen LogP contribution is -2.61. The van der Waals surface area contributed by atoms with Gasteiger partial charge in [-0.05, 0) is 49.1 Å². The lowest BCUT2D eigenvalue weighted by atomic mass is 9.98. The third-order valence-electron chi connectivity index (χ3n) is 6.58. The van der Waals surface area contributed by atoms with Gasteiger partial charge in [-0.25, -0.2) is 4.79 Å². The number of anilines is 1. The van der Waals surface area contributed by atoms with Crippen LogP contribution in [0.25, 0.3) is 0 Å². The lowest BCUT2D eigenvalue weighted by Gasteiger charge is -2.46. The highest BCUT2D eigenvalue weighted by Gasteiger charge is 2.42. The van der Waals surface area contributed by atoms with E-state index in [9.17, 15) is 9.59 Å². The summed E-state index contributed by atoms with van der Waals surface area (Å²) in [7, 11) is 1.37. The molecule has 5 nitrogen and oxygen atoms in total. The molecule has 1 atom stereocenters. The van der Waals surface area contributed by atoms with Gasteiger partial charge in [-0.2, -0.15) is 0 Å². The number of rotatable bonds is 8. The largest absolute Gasteiger partial charge is 0.465 e. The second-order valence-electron chi connectivity index (χ2n) is 8.58. The zero-order valence-electron chi connectivity index (χ0n) is 19.2. The molecule has 0 spiro atoms. The van der Waals surface area contributed by atoms with Gasteiger partial charge in [-0.3, -0.25) is 4.79 Å². The Kier molecular flexibility index (Phi) is 7.89. The van der Waals surface area contributed by atoms with Gasteiger partial charge in [0.25, 0.3) is 5.91 Å². The maximum Gasteiger partial charge on any atom is 0.350 e. The highest BCUT2D eigenvalue weighted by atomic mass is 32.1. The van der Waals surface area contributed by atoms with Gasteiger partial charge >= 0.3 is 5.97 Å². The summed E-state index contributed by atoms with van der Waals surface area (Å²) in [4.78, 5) is 26.2. The summed E-state index contributed by atoms with van der Waals surface area (Å²) in [6.07, 6.45) is 5.30. The Bertz CT molecular complexity index is 898. The number of ether oxygens (including phenoxy) is 1. The summed E-state index contributed by atoms with van der Waals surface area (Å²) in [6.45, 7) is 9.06. The third kappa shape index (κ3) is 5.18. The Balaban J connectivity index is 1.88. The molecule has 1 aliphatic rings. The first-order valence-corrected chi connectivity index (χ1v) is 12.2. The Hall–Kier alpha value is -2.18. The molecule has 2 heterocycles. The third-order valence-corrected chi connectivity index (χ3v) is 7.66. The van der Waals surface area contributed by atoms with Crippen molar-refractivity contribution in [2.45, 2.75) is 65.5 Å². The minimum Gasteiger partial charge on any atom is -0.465 e. The average Bonchev–Trinajstić information content (AvgIpc) is 3.15. The number of quaternary nitrogens is 1. The smallest absolute Gasteiger partial charge is 0.350 e. The topological polar surface area (TPSA) is 55.4 Å². The Morgan fingerprint density at radius 2 is 1.74 bits per heavy atom. The van der Waals surface area contributed by atoms with Gasteiger partial charge < -0.3 is 14.5 Å². The van der Waals surface area contributed by atoms with Gasteiger partial charge in [0.05, 0.1) is 25.9 Å². The van der Waals surface area contributed by atoms with Gasteiger partial charge in [-0.1, -0.05) is 38.1 Å². The average molecular weight is 444 g/mol. The van der Waals surface area contributed by atoms with Crippen LogP contribution in [0.1, 0.15) is 65.9 Å². The fraction of sp³-hybridized carbons (Fsp3) is 0.520. The molecule has 2 aromatic rings. The van der Waals surface area contributed by atoms with Crippen molar-refractivity contribution in [3.05, 3.63) is 51.2 Å². The first kappa shape index (κ1) is 23.5. The molecule has 3 rings (SSSR count). The van der Waals surface area contributed by atoms with E-state index in [1.54, 1.807) is 0 Å². The van der Waals surface area contributed by atoms with Crippen LogP contribution in [0.2, 0.25) is 0 Å². The fourth-order valence-electron chi connectivity index (χ4n) is 4.84. The minimum atomic E-state index is -0.403. The number of amides is 1. The highest BCUT2D eigenvalue weighted by molar-refractivity contribution is 7.12. The van der Waals surface area contributed by atoms with Crippen LogP contribution in [0.3, 0.4) is 0 Å². The molecular weight excluding hydrogens is 408 g/mol. The number of esters is 1. The predicted octanol–water partition coefficient (Wildman–Crippen LogP) is 5.32. The molecule has 1 aromatic heterocycles. The molecule has 0 bridgehead atoms. The number of carbonyl (C=O) groups is 2. The van der Waals surface area contributed by atoms with Crippen LogP contribution in [0.4, 0.5) is 5.69 Å². The molecule has 1 unspecified atom stereocenters. The number of piperidine rings is 1. The molecule has 6 heteroatoms. The molecule has 1 fully saturated rings. The van der Waals surface area contributed by atoms with Crippen LogP contribution in [-0.2, 0) is 22.5 Å². The van der Waals surface area contributed by atoms with Crippen molar-refractivity contribution < 1.29 is 18.8 Å². The molecular formula is C25H35N2O3S+. The SMILES string of the molecule is CCc1ccc(C[N+]2(C(CC)C(=O)Nc3c(C)csc3C(=O)OC)CCCCC2)cc1. The Labute approximate surface area is 190 Å². The van der Waals surface area contributed by atoms with Crippen molar-refractivity contribution in [3.8, 4) is 0 Å². The summed E-state index contributed by atoms with van der Waals surface area (Å²) >= 11 is 1.32. The second-order valence-corrected chi connectivity index (χ2v) is 9.46. The number of nitrogens with zero attached hydrogens (tertiary/aromatic N) is 1. The molecule has 31 heavy (non-hydrogen) atoms. The van der Waals surface area contributed by atoms with E-state index in [0.717, 1.165) is 55.4 Å². The first-order chi connectivity index (χ1) is 14.9. The van der Waals surface area contributed by atoms with Gasteiger partial charge in [0.2, 0.25) is 0 Å². The normalized spacial score (nSPS) is 16.5. The molecule has 168 valence electrons. The summed E-state index contributed by atoms with van der Waals surface area (Å²) < 4.78 is 5.69. The van der Waals surface area contributed by atoms with Crippen molar-refractivity contribution >= 4 is 28.9 Å². The summed E-state index contributed by atoms with van der Waals surface area (Å²) in [5.41, 5.74) is 4.12. The maximum absolute atomic E-state index is 13.6. The standard InChI is InChI=1S/C25H34N2O3S/c1-5-19-10-12-20(13-11-19)16-27(14-8-7-9-15-27)21(6-2)24(28)26-22-18(3)17-31-23(22)25(29)30-4/h10-13,17,21H,5-9,14-16H2,1-4H3/p+1. The van der Waals surface area contributed by atoms with E-state index in [-0.39, 0.29) is 11.9 Å². The van der Waals surface area contributed by atoms with Crippen LogP contribution >= 0.6 is 11.3 Å². The zero-order chi connectivity index (χ0) is 22.4. The number of carbonyl (C=O) groups excluding carboxylic acids is 2. The van der Waals surface area contributed by atoms with Crippen LogP contribution < -0.4 is 5.32 Å². The van der Waals surface area contributed by atoms with Crippen molar-refractivity contribution in [1.29, 1.82) is 0 Å². The van der Waals surface area contributed by atoms with Crippen molar-refractivity contribution in [3.63, 3.8) is 0 Å². The molecule has 1 amide bonds. The van der Waals surface area contributed by atoms with Gasteiger partial charge in [0, 0.05) is 12.0 Å². The molecule has 0 saturated carbocycles. The van der Waals surface area contributed by atoms with Gasteiger partial charge in [0.1, 0.15) is 11.4 Å². The number of hydrogen-bond acceptors (Lipinski definition) is 4. The number of methoxy groups -OCH3 is 1. The maximum atomic E-state index is 13.6. The van der Waals surface area contributed by atoms with Gasteiger partial charge in [0.15, 0.2) is 6.04 Å². The minimum absolute atomic E-state index is 0.00114. The van der Waals surface area contributed by atoms with E-state index in [1.807, 2.05) is 12.3 Å². The van der Waals surface area contributed by atoms with E-state index in [1.165, 1.54) is 36.0 Å². The number of likely N-dealkylation sites (tertiary alicyclic amines) is 1. The monoisotopic (exact) mass is 443 g/mol. The summed E-state index contributed by atoms with van der Waals surface area (Å²) in [5, 5.41) is 5.00. The number of hydrogen-bond donors (Lipinski definition) is 1. The quantitative estimate of drug-likeness (QED) is 0.443. The molecule has 1 N–H and O–H groups in total. The van der Waals surface area contributed by atoms with Crippen molar-refractivity contribution in [2.24, 2.45) is 0 Å². The summed E-state index contributed by atoms with van der Waals surface area (Å²) in [5.74, 6) is -0.402. The van der Waals surface area contributed by atoms with Crippen LogP contribution in [0, 0.1) is 6.92 Å². The van der Waals surface area contributed by atoms with E-state index in [2.05, 4.69) is 43.4 Å². The number of aryl methyl sites for hydroxylation is 2. The Morgan fingerprint density at radius 1 is 1.10 bits per heavy atom. The highest BCUT2D eigenvalue weighted by Crippen LogP contribution is 2.32. The van der Waals surface area contributed by atoms with Gasteiger partial charge in [-0.15, -0.1) is 11.3 Å². The number of thiophene rings is 1. The zero-order valence-corrected chi connectivity index (χ0v) is 20.0. The molecule has 0 aliphatic carbocycles. The second kappa shape index (κ2) is 10.4. The molecule has 1 aliphatic heterocycles. The van der Waals surface area contributed by atoms with Crippen LogP contribution in [0.15, 0.2) is 29.6 Å². The van der Waals surface area contributed by atoms with Crippen molar-refractivity contribution in [1.82, 2.24) is 0 Å². The Morgan fingerprint density at radius 3 is 2.32 bits per heavy atom. The molecule has 1 aromatic carbocycles. The fourth-order valence-corrected chi connectivity index (χ4v) is 5.76. The lowest BCUT2D eigenvalue weighted by molar-refractivity contribution is -0.959. The molecule has 0 radical (unpaired) electrons. The van der Waals surface area contributed by atoms with E-state index >= 15 is 0 Å². The van der Waals surface area contributed by atoms with Crippen molar-refractivity contribution in [2.75, 3.05) is 25.5 Å². The summed E-state index contributed by atoms with van der Waals surface area (Å²) in [6, 6.07) is 8.69. The number of nitrogens with one attached hydrogen (secondary N) is 1. The van der Waals surface area contributed by atoms with E-state index < -0.39 is 5.97 Å². The van der Waals surface area contributed by atoms with E-state index in [0.29, 0.717) is 10.6 Å². The van der Waals surface area contributed by atoms with Crippen LogP contribution in [0.5, 0.6) is 0 Å². The molecule has 1 saturated heterocycles. The van der Waals surface area contributed by atoms with Crippen LogP contribution in [-0.4, -0.2) is 42.6 Å². The van der Waals surface area contributed by atoms with E-state index in [4.69, 9.17) is 4.74 Å². The number of benzene rings is 1. The predicted molar refractivity (Wildman–Crippen MR) is 126 cm³/mol. The first-order valence-electron chi connectivity index (χ1n) is 11.3.